The molecule has 0 N–H and O–H groups in total. The maximum atomic E-state index is 12.3. The van der Waals surface area contributed by atoms with E-state index >= 15 is 0 Å². The van der Waals surface area contributed by atoms with Gasteiger partial charge in [0.05, 0.1) is 6.04 Å². The Morgan fingerprint density at radius 2 is 2.11 bits per heavy atom. The summed E-state index contributed by atoms with van der Waals surface area (Å²) in [5.41, 5.74) is 3.26. The van der Waals surface area contributed by atoms with Crippen LogP contribution in [0, 0.1) is 5.92 Å². The maximum absolute atomic E-state index is 12.3. The first kappa shape index (κ1) is 10.3. The molecule has 1 aliphatic heterocycles. The zero-order chi connectivity index (χ0) is 12.3. The van der Waals surface area contributed by atoms with Crippen LogP contribution in [0.5, 0.6) is 0 Å². The minimum Gasteiger partial charge on any atom is -0.335 e. The van der Waals surface area contributed by atoms with Crippen molar-refractivity contribution in [3.05, 3.63) is 34.9 Å². The van der Waals surface area contributed by atoms with Gasteiger partial charge in [-0.1, -0.05) is 18.2 Å². The van der Waals surface area contributed by atoms with E-state index in [9.17, 15) is 9.59 Å². The standard InChI is InChI=1S/C15H15NO2/c17-13-8-12-14-9(2-1-3-11(13)14)6-7-16(12)15(18)10-4-5-10/h1-3,10,12H,4-8H2. The molecule has 2 aliphatic carbocycles. The van der Waals surface area contributed by atoms with Crippen molar-refractivity contribution in [1.29, 1.82) is 0 Å². The van der Waals surface area contributed by atoms with Gasteiger partial charge in [-0.05, 0) is 30.4 Å². The Labute approximate surface area is 106 Å². The molecule has 3 aliphatic rings. The van der Waals surface area contributed by atoms with E-state index in [1.165, 1.54) is 5.56 Å². The monoisotopic (exact) mass is 241 g/mol. The molecule has 0 radical (unpaired) electrons. The summed E-state index contributed by atoms with van der Waals surface area (Å²) < 4.78 is 0. The molecule has 1 saturated carbocycles. The SMILES string of the molecule is O=C1CC2c3c(cccc31)CCN2C(=O)C1CC1. The van der Waals surface area contributed by atoms with Crippen LogP contribution in [0.1, 0.15) is 46.8 Å². The van der Waals surface area contributed by atoms with Gasteiger partial charge in [-0.15, -0.1) is 0 Å². The number of hydrogen-bond donors (Lipinski definition) is 0. The molecule has 1 fully saturated rings. The van der Waals surface area contributed by atoms with Crippen LogP contribution in [0.3, 0.4) is 0 Å². The highest BCUT2D eigenvalue weighted by Crippen LogP contribution is 2.43. The molecule has 0 bridgehead atoms. The molecular weight excluding hydrogens is 226 g/mol. The predicted molar refractivity (Wildman–Crippen MR) is 66.3 cm³/mol. The van der Waals surface area contributed by atoms with Gasteiger partial charge >= 0.3 is 0 Å². The molecular formula is C15H15NO2. The van der Waals surface area contributed by atoms with Crippen molar-refractivity contribution in [3.8, 4) is 0 Å². The molecule has 1 atom stereocenters. The highest BCUT2D eigenvalue weighted by atomic mass is 16.2. The minimum absolute atomic E-state index is 0.0329. The lowest BCUT2D eigenvalue weighted by Gasteiger charge is -2.34. The first-order valence-electron chi connectivity index (χ1n) is 6.71. The second-order valence-electron chi connectivity index (χ2n) is 5.58. The molecule has 1 aromatic carbocycles. The number of hydrogen-bond acceptors (Lipinski definition) is 2. The first-order chi connectivity index (χ1) is 8.75. The lowest BCUT2D eigenvalue weighted by molar-refractivity contribution is -0.135. The topological polar surface area (TPSA) is 37.4 Å². The Balaban J connectivity index is 1.78. The van der Waals surface area contributed by atoms with Gasteiger partial charge in [0, 0.05) is 24.4 Å². The van der Waals surface area contributed by atoms with Crippen molar-refractivity contribution < 1.29 is 9.59 Å². The second-order valence-corrected chi connectivity index (χ2v) is 5.58. The third-order valence-corrected chi connectivity index (χ3v) is 4.42. The number of Topliss-reactive ketones (excluding diaryl/α,β-unsaturated/α-hetero) is 1. The molecule has 18 heavy (non-hydrogen) atoms. The highest BCUT2D eigenvalue weighted by Gasteiger charge is 2.43. The summed E-state index contributed by atoms with van der Waals surface area (Å²) in [6, 6.07) is 6.01. The number of amides is 1. The molecule has 1 amide bonds. The third-order valence-electron chi connectivity index (χ3n) is 4.42. The fourth-order valence-electron chi connectivity index (χ4n) is 3.35. The number of benzene rings is 1. The van der Waals surface area contributed by atoms with Crippen LogP contribution in [-0.4, -0.2) is 23.1 Å². The van der Waals surface area contributed by atoms with E-state index in [-0.39, 0.29) is 23.7 Å². The Morgan fingerprint density at radius 3 is 2.89 bits per heavy atom. The van der Waals surface area contributed by atoms with Gasteiger partial charge < -0.3 is 4.90 Å². The summed E-state index contributed by atoms with van der Waals surface area (Å²) in [6.07, 6.45) is 3.45. The van der Waals surface area contributed by atoms with Gasteiger partial charge in [0.1, 0.15) is 0 Å². The molecule has 0 aromatic heterocycles. The molecule has 1 unspecified atom stereocenters. The van der Waals surface area contributed by atoms with Crippen LogP contribution in [0.25, 0.3) is 0 Å². The van der Waals surface area contributed by atoms with E-state index in [0.717, 1.165) is 36.9 Å². The Bertz CT molecular complexity index is 560. The highest BCUT2D eigenvalue weighted by molar-refractivity contribution is 6.02. The average Bonchev–Trinajstić information content (AvgIpc) is 3.17. The Kier molecular flexibility index (Phi) is 1.97. The van der Waals surface area contributed by atoms with Crippen molar-refractivity contribution >= 4 is 11.7 Å². The smallest absolute Gasteiger partial charge is 0.226 e. The molecule has 0 spiro atoms. The zero-order valence-electron chi connectivity index (χ0n) is 10.2. The summed E-state index contributed by atoms with van der Waals surface area (Å²) in [6.45, 7) is 0.781. The van der Waals surface area contributed by atoms with E-state index in [0.29, 0.717) is 6.42 Å². The van der Waals surface area contributed by atoms with E-state index < -0.39 is 0 Å². The summed E-state index contributed by atoms with van der Waals surface area (Å²) in [4.78, 5) is 26.3. The van der Waals surface area contributed by atoms with Crippen LogP contribution >= 0.6 is 0 Å². The number of carbonyl (C=O) groups is 2. The average molecular weight is 241 g/mol. The van der Waals surface area contributed by atoms with Crippen LogP contribution < -0.4 is 0 Å². The normalized spacial score (nSPS) is 25.2. The maximum Gasteiger partial charge on any atom is 0.226 e. The molecule has 1 heterocycles. The summed E-state index contributed by atoms with van der Waals surface area (Å²) in [5.74, 6) is 0.719. The zero-order valence-corrected chi connectivity index (χ0v) is 10.2. The van der Waals surface area contributed by atoms with Gasteiger partial charge in [-0.3, -0.25) is 9.59 Å². The minimum atomic E-state index is 0.0329. The summed E-state index contributed by atoms with van der Waals surface area (Å²) in [7, 11) is 0. The quantitative estimate of drug-likeness (QED) is 0.755. The van der Waals surface area contributed by atoms with Gasteiger partial charge in [0.25, 0.3) is 0 Å². The van der Waals surface area contributed by atoms with Gasteiger partial charge in [0.2, 0.25) is 5.91 Å². The van der Waals surface area contributed by atoms with Crippen LogP contribution in [0.15, 0.2) is 18.2 Å². The second kappa shape index (κ2) is 3.44. The van der Waals surface area contributed by atoms with E-state index in [4.69, 9.17) is 0 Å². The Hall–Kier alpha value is -1.64. The predicted octanol–water partition coefficient (Wildman–Crippen LogP) is 2.11. The van der Waals surface area contributed by atoms with Crippen molar-refractivity contribution in [2.75, 3.05) is 6.54 Å². The molecule has 0 saturated heterocycles. The molecule has 3 nitrogen and oxygen atoms in total. The Morgan fingerprint density at radius 1 is 1.28 bits per heavy atom. The van der Waals surface area contributed by atoms with Crippen molar-refractivity contribution in [1.82, 2.24) is 4.90 Å². The molecule has 4 rings (SSSR count). The largest absolute Gasteiger partial charge is 0.335 e. The summed E-state index contributed by atoms with van der Waals surface area (Å²) in [5, 5.41) is 0. The number of ketones is 1. The number of nitrogens with zero attached hydrogens (tertiary/aromatic N) is 1. The number of rotatable bonds is 1. The lowest BCUT2D eigenvalue weighted by Crippen LogP contribution is -2.40. The molecule has 92 valence electrons. The van der Waals surface area contributed by atoms with Crippen LogP contribution in [0.2, 0.25) is 0 Å². The van der Waals surface area contributed by atoms with Crippen LogP contribution in [0.4, 0.5) is 0 Å². The fourth-order valence-corrected chi connectivity index (χ4v) is 3.35. The molecule has 1 aromatic rings. The molecule has 3 heteroatoms. The summed E-state index contributed by atoms with van der Waals surface area (Å²) >= 11 is 0. The van der Waals surface area contributed by atoms with E-state index in [1.807, 2.05) is 17.0 Å². The van der Waals surface area contributed by atoms with Gasteiger partial charge in [-0.2, -0.15) is 0 Å². The number of carbonyl (C=O) groups excluding carboxylic acids is 2. The van der Waals surface area contributed by atoms with Crippen molar-refractivity contribution in [2.24, 2.45) is 5.92 Å². The van der Waals surface area contributed by atoms with Gasteiger partial charge in [-0.25, -0.2) is 0 Å². The van der Waals surface area contributed by atoms with Gasteiger partial charge in [0.15, 0.2) is 5.78 Å². The lowest BCUT2D eigenvalue weighted by atomic mass is 9.93. The fraction of sp³-hybridized carbons (Fsp3) is 0.467. The van der Waals surface area contributed by atoms with Crippen molar-refractivity contribution in [3.63, 3.8) is 0 Å². The third kappa shape index (κ3) is 1.30. The van der Waals surface area contributed by atoms with Crippen molar-refractivity contribution in [2.45, 2.75) is 31.7 Å². The van der Waals surface area contributed by atoms with E-state index in [1.54, 1.807) is 0 Å². The first-order valence-corrected chi connectivity index (χ1v) is 6.71. The van der Waals surface area contributed by atoms with E-state index in [2.05, 4.69) is 6.07 Å². The van der Waals surface area contributed by atoms with Crippen LogP contribution in [-0.2, 0) is 11.2 Å².